The van der Waals surface area contributed by atoms with Gasteiger partial charge in [-0.05, 0) is 58.2 Å². The third kappa shape index (κ3) is 3.81. The lowest BCUT2D eigenvalue weighted by Crippen LogP contribution is -2.14. The van der Waals surface area contributed by atoms with Gasteiger partial charge in [0.1, 0.15) is 5.82 Å². The van der Waals surface area contributed by atoms with Crippen molar-refractivity contribution in [3.8, 4) is 0 Å². The van der Waals surface area contributed by atoms with Gasteiger partial charge in [-0.1, -0.05) is 12.1 Å². The Kier molecular flexibility index (Phi) is 4.65. The summed E-state index contributed by atoms with van der Waals surface area (Å²) in [6.45, 7) is 2.04. The van der Waals surface area contributed by atoms with Gasteiger partial charge in [0.05, 0.1) is 9.37 Å². The van der Waals surface area contributed by atoms with Crippen molar-refractivity contribution in [1.29, 1.82) is 0 Å². The molecule has 0 aromatic heterocycles. The quantitative estimate of drug-likeness (QED) is 0.865. The molecular weight excluding hydrogens is 359 g/mol. The minimum Gasteiger partial charge on any atom is -0.381 e. The molecule has 0 radical (unpaired) electrons. The average molecular weight is 373 g/mol. The molecule has 0 unspecified atom stereocenters. The number of anilines is 1. The molecule has 21 heavy (non-hydrogen) atoms. The van der Waals surface area contributed by atoms with E-state index >= 15 is 0 Å². The van der Waals surface area contributed by atoms with E-state index in [0.717, 1.165) is 5.56 Å². The van der Waals surface area contributed by atoms with E-state index in [0.29, 0.717) is 22.3 Å². The van der Waals surface area contributed by atoms with Crippen molar-refractivity contribution < 1.29 is 12.8 Å². The van der Waals surface area contributed by atoms with Crippen molar-refractivity contribution in [3.63, 3.8) is 0 Å². The number of nitrogens with one attached hydrogen (secondary N) is 1. The summed E-state index contributed by atoms with van der Waals surface area (Å²) in [6, 6.07) is 9.63. The monoisotopic (exact) mass is 372 g/mol. The Morgan fingerprint density at radius 1 is 1.29 bits per heavy atom. The van der Waals surface area contributed by atoms with Crippen molar-refractivity contribution in [2.45, 2.75) is 18.4 Å². The number of rotatable bonds is 4. The van der Waals surface area contributed by atoms with Crippen LogP contribution in [0.15, 0.2) is 45.8 Å². The number of hydrogen-bond donors (Lipinski definition) is 2. The van der Waals surface area contributed by atoms with Crippen LogP contribution < -0.4 is 10.5 Å². The van der Waals surface area contributed by atoms with Crippen LogP contribution in [0.5, 0.6) is 0 Å². The van der Waals surface area contributed by atoms with Gasteiger partial charge in [0.2, 0.25) is 10.0 Å². The first-order chi connectivity index (χ1) is 9.79. The zero-order valence-electron chi connectivity index (χ0n) is 11.2. The fraction of sp³-hybridized carbons (Fsp3) is 0.143. The molecular formula is C14H14BrFN2O2S. The predicted octanol–water partition coefficient (Wildman–Crippen LogP) is 3.16. The van der Waals surface area contributed by atoms with Crippen molar-refractivity contribution in [3.05, 3.63) is 57.8 Å². The largest absolute Gasteiger partial charge is 0.381 e. The molecule has 2 rings (SSSR count). The molecule has 2 aromatic carbocycles. The summed E-state index contributed by atoms with van der Waals surface area (Å²) in [5, 5.41) is 8.25. The number of hydrogen-bond acceptors (Lipinski definition) is 3. The first-order valence-corrected chi connectivity index (χ1v) is 8.43. The van der Waals surface area contributed by atoms with Crippen LogP contribution in [-0.4, -0.2) is 8.42 Å². The smallest absolute Gasteiger partial charge is 0.238 e. The molecule has 0 aliphatic rings. The SMILES string of the molecule is Cc1c(NCc2ccc(Br)c(F)c2)cccc1S(N)(=O)=O. The van der Waals surface area contributed by atoms with Gasteiger partial charge in [-0.15, -0.1) is 0 Å². The summed E-state index contributed by atoms with van der Waals surface area (Å²) in [5.74, 6) is -0.343. The van der Waals surface area contributed by atoms with Crippen LogP contribution in [0.4, 0.5) is 10.1 Å². The van der Waals surface area contributed by atoms with Crippen molar-refractivity contribution in [2.24, 2.45) is 5.14 Å². The number of sulfonamides is 1. The summed E-state index contributed by atoms with van der Waals surface area (Å²) in [6.07, 6.45) is 0. The standard InChI is InChI=1S/C14H14BrFN2O2S/c1-9-13(3-2-4-14(9)21(17,19)20)18-8-10-5-6-11(15)12(16)7-10/h2-7,18H,8H2,1H3,(H2,17,19,20). The molecule has 0 amide bonds. The van der Waals surface area contributed by atoms with Crippen LogP contribution in [0.2, 0.25) is 0 Å². The molecule has 0 saturated carbocycles. The summed E-state index contributed by atoms with van der Waals surface area (Å²) in [4.78, 5) is 0.0782. The van der Waals surface area contributed by atoms with Gasteiger partial charge in [0.25, 0.3) is 0 Å². The molecule has 7 heteroatoms. The molecule has 0 spiro atoms. The molecule has 0 aliphatic heterocycles. The maximum Gasteiger partial charge on any atom is 0.238 e. The second-order valence-corrected chi connectivity index (χ2v) is 6.96. The first kappa shape index (κ1) is 15.9. The molecule has 0 aliphatic carbocycles. The lowest BCUT2D eigenvalue weighted by molar-refractivity contribution is 0.597. The van der Waals surface area contributed by atoms with Crippen LogP contribution >= 0.6 is 15.9 Å². The normalized spacial score (nSPS) is 11.4. The highest BCUT2D eigenvalue weighted by Crippen LogP contribution is 2.23. The lowest BCUT2D eigenvalue weighted by Gasteiger charge is -2.12. The molecule has 0 fully saturated rings. The highest BCUT2D eigenvalue weighted by atomic mass is 79.9. The minimum absolute atomic E-state index is 0.0782. The minimum atomic E-state index is -3.76. The fourth-order valence-electron chi connectivity index (χ4n) is 1.96. The van der Waals surface area contributed by atoms with E-state index in [2.05, 4.69) is 21.2 Å². The van der Waals surface area contributed by atoms with E-state index in [1.54, 1.807) is 31.2 Å². The molecule has 112 valence electrons. The van der Waals surface area contributed by atoms with Gasteiger partial charge in [0.15, 0.2) is 0 Å². The zero-order chi connectivity index (χ0) is 15.6. The Labute approximate surface area is 131 Å². The predicted molar refractivity (Wildman–Crippen MR) is 84.0 cm³/mol. The summed E-state index contributed by atoms with van der Waals surface area (Å²) in [5.41, 5.74) is 1.93. The highest BCUT2D eigenvalue weighted by Gasteiger charge is 2.13. The lowest BCUT2D eigenvalue weighted by atomic mass is 10.1. The second kappa shape index (κ2) is 6.13. The third-order valence-corrected chi connectivity index (χ3v) is 4.76. The van der Waals surface area contributed by atoms with E-state index < -0.39 is 10.0 Å². The maximum atomic E-state index is 13.4. The van der Waals surface area contributed by atoms with Crippen LogP contribution in [0, 0.1) is 12.7 Å². The number of benzene rings is 2. The van der Waals surface area contributed by atoms with Crippen LogP contribution in [0.1, 0.15) is 11.1 Å². The maximum absolute atomic E-state index is 13.4. The number of nitrogens with two attached hydrogens (primary N) is 1. The molecule has 0 heterocycles. The van der Waals surface area contributed by atoms with Gasteiger partial charge in [0, 0.05) is 12.2 Å². The number of primary sulfonamides is 1. The third-order valence-electron chi connectivity index (χ3n) is 3.06. The average Bonchev–Trinajstić information content (AvgIpc) is 2.40. The second-order valence-electron chi connectivity index (χ2n) is 4.58. The summed E-state index contributed by atoms with van der Waals surface area (Å²) < 4.78 is 36.8. The number of halogens is 2. The molecule has 3 N–H and O–H groups in total. The molecule has 0 atom stereocenters. The van der Waals surface area contributed by atoms with Gasteiger partial charge in [-0.2, -0.15) is 0 Å². The van der Waals surface area contributed by atoms with E-state index in [1.165, 1.54) is 12.1 Å². The Bertz CT molecular complexity index is 779. The van der Waals surface area contributed by atoms with Gasteiger partial charge < -0.3 is 5.32 Å². The van der Waals surface area contributed by atoms with E-state index in [-0.39, 0.29) is 10.7 Å². The Balaban J connectivity index is 2.23. The van der Waals surface area contributed by atoms with Crippen molar-refractivity contribution in [1.82, 2.24) is 0 Å². The van der Waals surface area contributed by atoms with Crippen molar-refractivity contribution in [2.75, 3.05) is 5.32 Å². The first-order valence-electron chi connectivity index (χ1n) is 6.09. The van der Waals surface area contributed by atoms with Gasteiger partial charge >= 0.3 is 0 Å². The van der Waals surface area contributed by atoms with Gasteiger partial charge in [-0.25, -0.2) is 17.9 Å². The topological polar surface area (TPSA) is 72.2 Å². The molecule has 0 saturated heterocycles. The Hall–Kier alpha value is -1.44. The van der Waals surface area contributed by atoms with Crippen LogP contribution in [0.25, 0.3) is 0 Å². The van der Waals surface area contributed by atoms with Gasteiger partial charge in [-0.3, -0.25) is 0 Å². The molecule has 4 nitrogen and oxygen atoms in total. The summed E-state index contributed by atoms with van der Waals surface area (Å²) in [7, 11) is -3.76. The van der Waals surface area contributed by atoms with E-state index in [4.69, 9.17) is 5.14 Å². The molecule has 0 bridgehead atoms. The van der Waals surface area contributed by atoms with Crippen LogP contribution in [-0.2, 0) is 16.6 Å². The molecule has 2 aromatic rings. The van der Waals surface area contributed by atoms with E-state index in [1.807, 2.05) is 0 Å². The summed E-state index contributed by atoms with van der Waals surface area (Å²) >= 11 is 3.09. The van der Waals surface area contributed by atoms with Crippen molar-refractivity contribution >= 4 is 31.6 Å². The van der Waals surface area contributed by atoms with E-state index in [9.17, 15) is 12.8 Å². The van der Waals surface area contributed by atoms with Crippen LogP contribution in [0.3, 0.4) is 0 Å². The highest BCUT2D eigenvalue weighted by molar-refractivity contribution is 9.10. The Morgan fingerprint density at radius 3 is 2.62 bits per heavy atom. The zero-order valence-corrected chi connectivity index (χ0v) is 13.6. The fourth-order valence-corrected chi connectivity index (χ4v) is 3.01. The Morgan fingerprint density at radius 2 is 2.00 bits per heavy atom.